The number of thioether (sulfide) groups is 1. The van der Waals surface area contributed by atoms with E-state index in [1.54, 1.807) is 26.0 Å². The predicted molar refractivity (Wildman–Crippen MR) is 117 cm³/mol. The second-order valence-corrected chi connectivity index (χ2v) is 7.35. The van der Waals surface area contributed by atoms with E-state index in [0.717, 1.165) is 39.7 Å². The summed E-state index contributed by atoms with van der Waals surface area (Å²) in [5, 5.41) is 6.33. The van der Waals surface area contributed by atoms with Crippen LogP contribution in [0.4, 0.5) is 0 Å². The molecule has 0 aliphatic rings. The van der Waals surface area contributed by atoms with Crippen LogP contribution < -0.4 is 9.47 Å². The first-order chi connectivity index (χ1) is 14.2. The van der Waals surface area contributed by atoms with E-state index in [1.165, 1.54) is 5.56 Å². The van der Waals surface area contributed by atoms with Gasteiger partial charge in [-0.05, 0) is 11.6 Å². The molecule has 148 valence electrons. The Labute approximate surface area is 173 Å². The summed E-state index contributed by atoms with van der Waals surface area (Å²) in [5.41, 5.74) is 2.76. The standard InChI is InChI=1S/C22H22N4O2S/c1-4-20-24-21-16-13-18(27-2)19(28-3)14-17(16)23-22(26(21)25-20)29-12-8-11-15-9-6-5-7-10-15/h5-11,13-14H,4,12H2,1-3H3/b11-8+. The van der Waals surface area contributed by atoms with Crippen molar-refractivity contribution in [2.24, 2.45) is 0 Å². The van der Waals surface area contributed by atoms with E-state index >= 15 is 0 Å². The number of fused-ring (bicyclic) bond motifs is 3. The maximum atomic E-state index is 5.45. The van der Waals surface area contributed by atoms with Crippen molar-refractivity contribution in [1.29, 1.82) is 0 Å². The van der Waals surface area contributed by atoms with E-state index in [-0.39, 0.29) is 0 Å². The summed E-state index contributed by atoms with van der Waals surface area (Å²) in [4.78, 5) is 9.54. The molecule has 2 heterocycles. The molecular formula is C22H22N4O2S. The van der Waals surface area contributed by atoms with Crippen molar-refractivity contribution in [2.45, 2.75) is 18.5 Å². The van der Waals surface area contributed by atoms with Gasteiger partial charge in [-0.2, -0.15) is 4.52 Å². The summed E-state index contributed by atoms with van der Waals surface area (Å²) in [5.74, 6) is 2.86. The predicted octanol–water partition coefficient (Wildman–Crippen LogP) is 4.66. The van der Waals surface area contributed by atoms with Crippen molar-refractivity contribution in [3.05, 3.63) is 59.9 Å². The first-order valence-electron chi connectivity index (χ1n) is 9.39. The summed E-state index contributed by atoms with van der Waals surface area (Å²) < 4.78 is 12.7. The Bertz CT molecular complexity index is 1170. The van der Waals surface area contributed by atoms with Crippen LogP contribution in [0, 0.1) is 0 Å². The van der Waals surface area contributed by atoms with Gasteiger partial charge < -0.3 is 9.47 Å². The van der Waals surface area contributed by atoms with E-state index in [2.05, 4.69) is 29.4 Å². The highest BCUT2D eigenvalue weighted by molar-refractivity contribution is 7.99. The third-order valence-corrected chi connectivity index (χ3v) is 5.41. The van der Waals surface area contributed by atoms with Gasteiger partial charge in [0, 0.05) is 23.6 Å². The van der Waals surface area contributed by atoms with Crippen LogP contribution in [0.15, 0.2) is 53.7 Å². The van der Waals surface area contributed by atoms with Crippen LogP contribution in [0.2, 0.25) is 0 Å². The number of methoxy groups -OCH3 is 2. The number of hydrogen-bond donors (Lipinski definition) is 0. The topological polar surface area (TPSA) is 61.5 Å². The highest BCUT2D eigenvalue weighted by Gasteiger charge is 2.16. The molecule has 0 bridgehead atoms. The zero-order valence-corrected chi connectivity index (χ0v) is 17.4. The second kappa shape index (κ2) is 8.53. The Morgan fingerprint density at radius 3 is 2.52 bits per heavy atom. The minimum Gasteiger partial charge on any atom is -0.493 e. The van der Waals surface area contributed by atoms with Gasteiger partial charge in [-0.1, -0.05) is 61.2 Å². The van der Waals surface area contributed by atoms with E-state index in [9.17, 15) is 0 Å². The summed E-state index contributed by atoms with van der Waals surface area (Å²) >= 11 is 1.62. The highest BCUT2D eigenvalue weighted by atomic mass is 32.2. The van der Waals surface area contributed by atoms with Crippen LogP contribution in [0.5, 0.6) is 11.5 Å². The minimum atomic E-state index is 0.645. The minimum absolute atomic E-state index is 0.645. The molecule has 7 heteroatoms. The Morgan fingerprint density at radius 2 is 1.79 bits per heavy atom. The number of rotatable bonds is 7. The van der Waals surface area contributed by atoms with Crippen LogP contribution in [-0.2, 0) is 6.42 Å². The van der Waals surface area contributed by atoms with E-state index in [4.69, 9.17) is 19.4 Å². The molecule has 0 aliphatic carbocycles. The van der Waals surface area contributed by atoms with Gasteiger partial charge in [-0.3, -0.25) is 0 Å². The lowest BCUT2D eigenvalue weighted by Gasteiger charge is -2.10. The zero-order chi connectivity index (χ0) is 20.2. The second-order valence-electron chi connectivity index (χ2n) is 6.36. The summed E-state index contributed by atoms with van der Waals surface area (Å²) in [7, 11) is 3.25. The maximum Gasteiger partial charge on any atom is 0.191 e. The third kappa shape index (κ3) is 3.91. The molecule has 0 saturated heterocycles. The number of aryl methyl sites for hydroxylation is 1. The number of ether oxygens (including phenoxy) is 2. The Hall–Kier alpha value is -3.06. The summed E-state index contributed by atoms with van der Waals surface area (Å²) in [6.07, 6.45) is 5.00. The fourth-order valence-corrected chi connectivity index (χ4v) is 3.82. The average Bonchev–Trinajstić information content (AvgIpc) is 3.21. The molecule has 0 N–H and O–H groups in total. The van der Waals surface area contributed by atoms with Crippen molar-refractivity contribution in [2.75, 3.05) is 20.0 Å². The molecule has 2 aromatic heterocycles. The average molecular weight is 407 g/mol. The molecule has 4 rings (SSSR count). The van der Waals surface area contributed by atoms with Gasteiger partial charge in [-0.25, -0.2) is 9.97 Å². The highest BCUT2D eigenvalue weighted by Crippen LogP contribution is 2.34. The Morgan fingerprint density at radius 1 is 1.03 bits per heavy atom. The number of hydrogen-bond acceptors (Lipinski definition) is 6. The Kier molecular flexibility index (Phi) is 5.67. The first kappa shape index (κ1) is 19.3. The lowest BCUT2D eigenvalue weighted by atomic mass is 10.2. The molecule has 29 heavy (non-hydrogen) atoms. The van der Waals surface area contributed by atoms with Crippen LogP contribution in [0.1, 0.15) is 18.3 Å². The number of nitrogens with zero attached hydrogens (tertiary/aromatic N) is 4. The molecule has 4 aromatic rings. The fourth-order valence-electron chi connectivity index (χ4n) is 3.07. The molecule has 6 nitrogen and oxygen atoms in total. The largest absolute Gasteiger partial charge is 0.493 e. The molecule has 0 atom stereocenters. The molecule has 0 amide bonds. The van der Waals surface area contributed by atoms with E-state index in [1.807, 2.05) is 41.8 Å². The van der Waals surface area contributed by atoms with Gasteiger partial charge in [0.15, 0.2) is 28.1 Å². The SMILES string of the molecule is CCc1nc2c3cc(OC)c(OC)cc3nc(SC/C=C/c3ccccc3)n2n1. The summed E-state index contributed by atoms with van der Waals surface area (Å²) in [6, 6.07) is 14.0. The normalized spacial score (nSPS) is 11.6. The van der Waals surface area contributed by atoms with Crippen molar-refractivity contribution >= 4 is 34.4 Å². The lowest BCUT2D eigenvalue weighted by molar-refractivity contribution is 0.355. The van der Waals surface area contributed by atoms with E-state index < -0.39 is 0 Å². The monoisotopic (exact) mass is 406 g/mol. The quantitative estimate of drug-likeness (QED) is 0.328. The third-order valence-electron chi connectivity index (χ3n) is 4.53. The smallest absolute Gasteiger partial charge is 0.191 e. The molecule has 0 spiro atoms. The van der Waals surface area contributed by atoms with Crippen molar-refractivity contribution < 1.29 is 9.47 Å². The molecule has 2 aromatic carbocycles. The number of benzene rings is 2. The summed E-state index contributed by atoms with van der Waals surface area (Å²) in [6.45, 7) is 2.05. The van der Waals surface area contributed by atoms with Gasteiger partial charge >= 0.3 is 0 Å². The lowest BCUT2D eigenvalue weighted by Crippen LogP contribution is -2.00. The van der Waals surface area contributed by atoms with Crippen LogP contribution >= 0.6 is 11.8 Å². The van der Waals surface area contributed by atoms with Crippen molar-refractivity contribution in [1.82, 2.24) is 19.6 Å². The molecule has 0 unspecified atom stereocenters. The van der Waals surface area contributed by atoms with Crippen molar-refractivity contribution in [3.8, 4) is 11.5 Å². The van der Waals surface area contributed by atoms with Gasteiger partial charge in [0.2, 0.25) is 0 Å². The molecule has 0 saturated carbocycles. The molecule has 0 aliphatic heterocycles. The van der Waals surface area contributed by atoms with Gasteiger partial charge in [0.25, 0.3) is 0 Å². The molecular weight excluding hydrogens is 384 g/mol. The van der Waals surface area contributed by atoms with Gasteiger partial charge in [-0.15, -0.1) is 5.10 Å². The zero-order valence-electron chi connectivity index (χ0n) is 16.6. The maximum absolute atomic E-state index is 5.45. The Balaban J connectivity index is 1.73. The van der Waals surface area contributed by atoms with Gasteiger partial charge in [0.05, 0.1) is 19.7 Å². The number of aromatic nitrogens is 4. The van der Waals surface area contributed by atoms with Crippen LogP contribution in [-0.4, -0.2) is 39.6 Å². The van der Waals surface area contributed by atoms with Crippen molar-refractivity contribution in [3.63, 3.8) is 0 Å². The fraction of sp³-hybridized carbons (Fsp3) is 0.227. The van der Waals surface area contributed by atoms with Crippen LogP contribution in [0.25, 0.3) is 22.6 Å². The van der Waals surface area contributed by atoms with Gasteiger partial charge in [0.1, 0.15) is 0 Å². The molecule has 0 fully saturated rings. The first-order valence-corrected chi connectivity index (χ1v) is 10.4. The van der Waals surface area contributed by atoms with E-state index in [0.29, 0.717) is 11.5 Å². The van der Waals surface area contributed by atoms with Crippen LogP contribution in [0.3, 0.4) is 0 Å². The molecule has 0 radical (unpaired) electrons.